The van der Waals surface area contributed by atoms with Gasteiger partial charge in [0.2, 0.25) is 0 Å². The van der Waals surface area contributed by atoms with Gasteiger partial charge in [-0.1, -0.05) is 12.1 Å². The number of fused-ring (bicyclic) bond motifs is 1. The molecule has 0 N–H and O–H groups in total. The molecule has 1 unspecified atom stereocenters. The van der Waals surface area contributed by atoms with Gasteiger partial charge in [-0.2, -0.15) is 0 Å². The Morgan fingerprint density at radius 1 is 0.765 bits per heavy atom. The molecule has 0 saturated carbocycles. The summed E-state index contributed by atoms with van der Waals surface area (Å²) in [6, 6.07) is 16.5. The quantitative estimate of drug-likeness (QED) is 0.513. The van der Waals surface area contributed by atoms with Gasteiger partial charge in [-0.3, -0.25) is 4.79 Å². The minimum absolute atomic E-state index is 0.0841. The van der Waals surface area contributed by atoms with Crippen molar-refractivity contribution >= 4 is 5.91 Å². The molecule has 7 nitrogen and oxygen atoms in total. The molecule has 0 radical (unpaired) electrons. The Hall–Kier alpha value is -3.87. The van der Waals surface area contributed by atoms with Crippen LogP contribution < -0.4 is 23.7 Å². The number of benzene rings is 3. The normalized spacial score (nSPS) is 14.7. The van der Waals surface area contributed by atoms with Crippen molar-refractivity contribution in [3.05, 3.63) is 76.9 Å². The molecule has 4 rings (SSSR count). The molecule has 1 aliphatic heterocycles. The molecule has 3 aromatic rings. The molecule has 3 aromatic carbocycles. The highest BCUT2D eigenvalue weighted by atomic mass is 16.5. The van der Waals surface area contributed by atoms with Crippen LogP contribution in [0.2, 0.25) is 0 Å². The van der Waals surface area contributed by atoms with Crippen LogP contribution in [0.25, 0.3) is 0 Å². The molecule has 0 spiro atoms. The maximum Gasteiger partial charge on any atom is 0.254 e. The van der Waals surface area contributed by atoms with Gasteiger partial charge >= 0.3 is 0 Å². The number of ether oxygens (including phenoxy) is 5. The van der Waals surface area contributed by atoms with Crippen molar-refractivity contribution in [1.82, 2.24) is 4.90 Å². The lowest BCUT2D eigenvalue weighted by atomic mass is 9.87. The smallest absolute Gasteiger partial charge is 0.254 e. The highest BCUT2D eigenvalue weighted by Gasteiger charge is 2.34. The van der Waals surface area contributed by atoms with Gasteiger partial charge in [0, 0.05) is 12.1 Å². The van der Waals surface area contributed by atoms with Crippen LogP contribution in [0, 0.1) is 0 Å². The van der Waals surface area contributed by atoms with Crippen molar-refractivity contribution in [3.8, 4) is 28.7 Å². The Balaban J connectivity index is 1.87. The fraction of sp³-hybridized carbons (Fsp3) is 0.296. The predicted octanol–water partition coefficient (Wildman–Crippen LogP) is 4.52. The Kier molecular flexibility index (Phi) is 6.82. The molecule has 1 heterocycles. The molecular weight excluding hydrogens is 434 g/mol. The Bertz CT molecular complexity index is 1190. The van der Waals surface area contributed by atoms with Crippen LogP contribution in [0.15, 0.2) is 54.6 Å². The lowest BCUT2D eigenvalue weighted by Crippen LogP contribution is -2.40. The molecule has 7 heteroatoms. The molecule has 0 saturated heterocycles. The first-order valence-electron chi connectivity index (χ1n) is 11.0. The first-order chi connectivity index (χ1) is 16.5. The predicted molar refractivity (Wildman–Crippen MR) is 129 cm³/mol. The van der Waals surface area contributed by atoms with Crippen molar-refractivity contribution in [2.75, 3.05) is 42.1 Å². The summed E-state index contributed by atoms with van der Waals surface area (Å²) in [5.74, 6) is 3.06. The summed E-state index contributed by atoms with van der Waals surface area (Å²) in [5, 5.41) is 0. The van der Waals surface area contributed by atoms with Crippen LogP contribution in [-0.2, 0) is 6.42 Å². The second-order valence-electron chi connectivity index (χ2n) is 7.90. The van der Waals surface area contributed by atoms with Gasteiger partial charge in [0.25, 0.3) is 5.91 Å². The highest BCUT2D eigenvalue weighted by Crippen LogP contribution is 2.43. The van der Waals surface area contributed by atoms with Crippen LogP contribution in [0.5, 0.6) is 28.7 Å². The van der Waals surface area contributed by atoms with Gasteiger partial charge in [-0.15, -0.1) is 0 Å². The lowest BCUT2D eigenvalue weighted by Gasteiger charge is -2.38. The van der Waals surface area contributed by atoms with E-state index in [0.717, 1.165) is 16.7 Å². The Labute approximate surface area is 199 Å². The number of nitrogens with zero attached hydrogens (tertiary/aromatic N) is 1. The Morgan fingerprint density at radius 2 is 1.44 bits per heavy atom. The van der Waals surface area contributed by atoms with Crippen molar-refractivity contribution in [1.29, 1.82) is 0 Å². The average molecular weight is 464 g/mol. The third-order valence-electron chi connectivity index (χ3n) is 6.17. The molecule has 1 aliphatic rings. The number of hydrogen-bond donors (Lipinski definition) is 0. The minimum atomic E-state index is -0.359. The van der Waals surface area contributed by atoms with Crippen molar-refractivity contribution in [3.63, 3.8) is 0 Å². The van der Waals surface area contributed by atoms with E-state index in [1.165, 1.54) is 0 Å². The molecule has 0 fully saturated rings. The number of carbonyl (C=O) groups excluding carboxylic acids is 1. The van der Waals surface area contributed by atoms with E-state index in [9.17, 15) is 4.79 Å². The summed E-state index contributed by atoms with van der Waals surface area (Å²) >= 11 is 0. The summed E-state index contributed by atoms with van der Waals surface area (Å²) in [6.07, 6.45) is 0.690. The van der Waals surface area contributed by atoms with Gasteiger partial charge in [-0.05, 0) is 65.6 Å². The zero-order chi connectivity index (χ0) is 24.2. The van der Waals surface area contributed by atoms with E-state index in [1.54, 1.807) is 47.7 Å². The van der Waals surface area contributed by atoms with E-state index >= 15 is 0 Å². The standard InChI is InChI=1S/C27H29NO6/c1-30-20-8-6-7-19(13-20)27(29)28-12-11-17-14-24(33-4)25(34-5)16-21(17)26(28)18-9-10-22(31-2)23(15-18)32-3/h6-10,13-16,26H,11-12H2,1-5H3. The number of amides is 1. The van der Waals surface area contributed by atoms with Crippen LogP contribution >= 0.6 is 0 Å². The zero-order valence-corrected chi connectivity index (χ0v) is 20.1. The fourth-order valence-corrected chi connectivity index (χ4v) is 4.47. The van der Waals surface area contributed by atoms with Gasteiger partial charge < -0.3 is 28.6 Å². The molecule has 0 bridgehead atoms. The van der Waals surface area contributed by atoms with Crippen LogP contribution in [0.3, 0.4) is 0 Å². The first-order valence-corrected chi connectivity index (χ1v) is 11.0. The molecule has 1 atom stereocenters. The monoisotopic (exact) mass is 463 g/mol. The van der Waals surface area contributed by atoms with Crippen molar-refractivity contribution < 1.29 is 28.5 Å². The SMILES string of the molecule is COc1cccc(C(=O)N2CCc3cc(OC)c(OC)cc3C2c2ccc(OC)c(OC)c2)c1. The van der Waals surface area contributed by atoms with Crippen LogP contribution in [-0.4, -0.2) is 52.9 Å². The van der Waals surface area contributed by atoms with Gasteiger partial charge in [0.05, 0.1) is 41.6 Å². The van der Waals surface area contributed by atoms with E-state index in [-0.39, 0.29) is 11.9 Å². The molecule has 34 heavy (non-hydrogen) atoms. The third-order valence-corrected chi connectivity index (χ3v) is 6.17. The van der Waals surface area contributed by atoms with E-state index < -0.39 is 0 Å². The topological polar surface area (TPSA) is 66.5 Å². The van der Waals surface area contributed by atoms with E-state index in [4.69, 9.17) is 23.7 Å². The van der Waals surface area contributed by atoms with Crippen molar-refractivity contribution in [2.45, 2.75) is 12.5 Å². The first kappa shape index (κ1) is 23.3. The Morgan fingerprint density at radius 3 is 2.12 bits per heavy atom. The number of methoxy groups -OCH3 is 5. The molecule has 0 aromatic heterocycles. The summed E-state index contributed by atoms with van der Waals surface area (Å²) < 4.78 is 27.4. The average Bonchev–Trinajstić information content (AvgIpc) is 2.90. The largest absolute Gasteiger partial charge is 0.497 e. The van der Waals surface area contributed by atoms with Crippen molar-refractivity contribution in [2.24, 2.45) is 0 Å². The highest BCUT2D eigenvalue weighted by molar-refractivity contribution is 5.95. The molecule has 0 aliphatic carbocycles. The summed E-state index contributed by atoms with van der Waals surface area (Å²) in [7, 11) is 8.02. The second kappa shape index (κ2) is 9.95. The van der Waals surface area contributed by atoms with E-state index in [1.807, 2.05) is 47.4 Å². The fourth-order valence-electron chi connectivity index (χ4n) is 4.47. The minimum Gasteiger partial charge on any atom is -0.497 e. The summed E-state index contributed by atoms with van der Waals surface area (Å²) in [6.45, 7) is 0.539. The number of hydrogen-bond acceptors (Lipinski definition) is 6. The number of carbonyl (C=O) groups is 1. The van der Waals surface area contributed by atoms with Crippen LogP contribution in [0.1, 0.15) is 33.1 Å². The molecule has 178 valence electrons. The lowest BCUT2D eigenvalue weighted by molar-refractivity contribution is 0.0693. The third kappa shape index (κ3) is 4.21. The number of rotatable bonds is 7. The van der Waals surface area contributed by atoms with Gasteiger partial charge in [0.1, 0.15) is 5.75 Å². The second-order valence-corrected chi connectivity index (χ2v) is 7.90. The zero-order valence-electron chi connectivity index (χ0n) is 20.1. The van der Waals surface area contributed by atoms with Gasteiger partial charge in [-0.25, -0.2) is 0 Å². The maximum atomic E-state index is 13.8. The summed E-state index contributed by atoms with van der Waals surface area (Å²) in [5.41, 5.74) is 3.55. The molecule has 1 amide bonds. The molecular formula is C27H29NO6. The van der Waals surface area contributed by atoms with Gasteiger partial charge in [0.15, 0.2) is 23.0 Å². The summed E-state index contributed by atoms with van der Waals surface area (Å²) in [4.78, 5) is 15.7. The van der Waals surface area contributed by atoms with E-state index in [0.29, 0.717) is 47.3 Å². The maximum absolute atomic E-state index is 13.8. The van der Waals surface area contributed by atoms with Crippen LogP contribution in [0.4, 0.5) is 0 Å². The van der Waals surface area contributed by atoms with E-state index in [2.05, 4.69) is 0 Å².